The first-order valence-corrected chi connectivity index (χ1v) is 13.0. The van der Waals surface area contributed by atoms with Crippen molar-refractivity contribution >= 4 is 49.9 Å². The molecule has 1 aromatic carbocycles. The van der Waals surface area contributed by atoms with Gasteiger partial charge in [-0.2, -0.15) is 0 Å². The van der Waals surface area contributed by atoms with E-state index in [-0.39, 0.29) is 5.82 Å². The first-order chi connectivity index (χ1) is 17.6. The Labute approximate surface area is 219 Å². The molecule has 10 heteroatoms. The third kappa shape index (κ3) is 4.21. The van der Waals surface area contributed by atoms with E-state index < -0.39 is 0 Å². The van der Waals surface area contributed by atoms with Crippen LogP contribution < -0.4 is 10.6 Å². The molecule has 1 aliphatic rings. The number of fused-ring (bicyclic) bond motifs is 1. The van der Waals surface area contributed by atoms with Gasteiger partial charge in [0.1, 0.15) is 23.8 Å². The first kappa shape index (κ1) is 23.0. The maximum atomic E-state index is 13.9. The Morgan fingerprint density at radius 2 is 1.75 bits per heavy atom. The number of rotatable bonds is 4. The number of morpholine rings is 1. The van der Waals surface area contributed by atoms with Gasteiger partial charge in [0.05, 0.1) is 24.3 Å². The van der Waals surface area contributed by atoms with E-state index >= 15 is 0 Å². The molecular weight excluding hydrogens is 543 g/mol. The predicted octanol–water partition coefficient (Wildman–Crippen LogP) is 5.80. The number of hydrogen-bond donors (Lipinski definition) is 1. The van der Waals surface area contributed by atoms with Crippen LogP contribution in [-0.2, 0) is 4.74 Å². The minimum atomic E-state index is -0.311. The number of benzene rings is 1. The standard InChI is InChI=1S/C26H20BrFN6OS/c27-17-11-19(36-13-17)22-21(15-1-4-18(28)5-2-15)24(33-26-23(22)25(29)31-14-32-26)16-3-6-20(30-12-16)34-7-9-35-10-8-34/h1-6,11-14H,7-10H2,(H2,29,31,32,33). The monoisotopic (exact) mass is 562 g/mol. The lowest BCUT2D eigenvalue weighted by atomic mass is 9.92. The molecule has 1 saturated heterocycles. The molecule has 5 heterocycles. The summed E-state index contributed by atoms with van der Waals surface area (Å²) >= 11 is 5.14. The van der Waals surface area contributed by atoms with Crippen LogP contribution in [0.4, 0.5) is 16.0 Å². The van der Waals surface area contributed by atoms with Gasteiger partial charge in [-0.05, 0) is 51.8 Å². The molecule has 2 N–H and O–H groups in total. The number of nitrogen functional groups attached to an aromatic ring is 1. The fourth-order valence-corrected chi connectivity index (χ4v) is 5.91. The number of thiophene rings is 1. The molecule has 0 spiro atoms. The largest absolute Gasteiger partial charge is 0.383 e. The molecule has 36 heavy (non-hydrogen) atoms. The van der Waals surface area contributed by atoms with E-state index in [0.717, 1.165) is 50.5 Å². The Morgan fingerprint density at radius 1 is 0.972 bits per heavy atom. The van der Waals surface area contributed by atoms with Gasteiger partial charge in [-0.25, -0.2) is 24.3 Å². The van der Waals surface area contributed by atoms with E-state index in [9.17, 15) is 4.39 Å². The molecule has 0 bridgehead atoms. The number of ether oxygens (including phenoxy) is 1. The van der Waals surface area contributed by atoms with Crippen molar-refractivity contribution < 1.29 is 9.13 Å². The number of aromatic nitrogens is 4. The van der Waals surface area contributed by atoms with Gasteiger partial charge in [0.2, 0.25) is 0 Å². The average Bonchev–Trinajstić information content (AvgIpc) is 3.35. The summed E-state index contributed by atoms with van der Waals surface area (Å²) in [4.78, 5) is 21.5. The molecule has 1 aliphatic heterocycles. The van der Waals surface area contributed by atoms with Crippen molar-refractivity contribution in [2.75, 3.05) is 36.9 Å². The lowest BCUT2D eigenvalue weighted by Crippen LogP contribution is -2.36. The van der Waals surface area contributed by atoms with Gasteiger partial charge < -0.3 is 15.4 Å². The fraction of sp³-hybridized carbons (Fsp3) is 0.154. The van der Waals surface area contributed by atoms with Crippen LogP contribution in [0, 0.1) is 5.82 Å². The van der Waals surface area contributed by atoms with Crippen molar-refractivity contribution in [3.8, 4) is 32.8 Å². The minimum Gasteiger partial charge on any atom is -0.383 e. The molecule has 0 atom stereocenters. The number of hydrogen-bond acceptors (Lipinski definition) is 8. The van der Waals surface area contributed by atoms with Crippen molar-refractivity contribution in [2.45, 2.75) is 0 Å². The van der Waals surface area contributed by atoms with Crippen LogP contribution in [0.15, 0.2) is 64.8 Å². The van der Waals surface area contributed by atoms with Gasteiger partial charge in [-0.15, -0.1) is 11.3 Å². The Bertz CT molecular complexity index is 1550. The molecule has 0 saturated carbocycles. The molecule has 0 radical (unpaired) electrons. The van der Waals surface area contributed by atoms with Crippen molar-refractivity contribution in [1.29, 1.82) is 0 Å². The topological polar surface area (TPSA) is 90.0 Å². The van der Waals surface area contributed by atoms with Crippen LogP contribution in [0.3, 0.4) is 0 Å². The third-order valence-electron chi connectivity index (χ3n) is 6.11. The number of pyridine rings is 2. The smallest absolute Gasteiger partial charge is 0.165 e. The molecular formula is C26H20BrFN6OS. The number of anilines is 2. The maximum absolute atomic E-state index is 13.9. The summed E-state index contributed by atoms with van der Waals surface area (Å²) in [7, 11) is 0. The zero-order valence-corrected chi connectivity index (χ0v) is 21.4. The van der Waals surface area contributed by atoms with Crippen LogP contribution in [0.5, 0.6) is 0 Å². The van der Waals surface area contributed by atoms with Crippen molar-refractivity contribution in [2.24, 2.45) is 0 Å². The van der Waals surface area contributed by atoms with Crippen LogP contribution >= 0.6 is 27.3 Å². The average molecular weight is 563 g/mol. The second kappa shape index (κ2) is 9.53. The Kier molecular flexibility index (Phi) is 6.08. The Balaban J connectivity index is 1.63. The van der Waals surface area contributed by atoms with E-state index in [4.69, 9.17) is 20.4 Å². The normalized spacial score (nSPS) is 13.9. The highest BCUT2D eigenvalue weighted by molar-refractivity contribution is 9.10. The van der Waals surface area contributed by atoms with Crippen molar-refractivity contribution in [1.82, 2.24) is 19.9 Å². The molecule has 0 unspecified atom stereocenters. The lowest BCUT2D eigenvalue weighted by molar-refractivity contribution is 0.122. The zero-order chi connectivity index (χ0) is 24.6. The van der Waals surface area contributed by atoms with Gasteiger partial charge in [-0.1, -0.05) is 12.1 Å². The summed E-state index contributed by atoms with van der Waals surface area (Å²) < 4.78 is 20.3. The quantitative estimate of drug-likeness (QED) is 0.296. The molecule has 0 aliphatic carbocycles. The summed E-state index contributed by atoms with van der Waals surface area (Å²) in [5.41, 5.74) is 10.9. The fourth-order valence-electron chi connectivity index (χ4n) is 4.42. The zero-order valence-electron chi connectivity index (χ0n) is 19.0. The highest BCUT2D eigenvalue weighted by Crippen LogP contribution is 2.46. The molecule has 180 valence electrons. The maximum Gasteiger partial charge on any atom is 0.165 e. The van der Waals surface area contributed by atoms with E-state index in [1.165, 1.54) is 18.5 Å². The van der Waals surface area contributed by atoms with Gasteiger partial charge in [0.15, 0.2) is 5.65 Å². The van der Waals surface area contributed by atoms with Gasteiger partial charge >= 0.3 is 0 Å². The molecule has 5 aromatic rings. The summed E-state index contributed by atoms with van der Waals surface area (Å²) in [5.74, 6) is 0.914. The lowest BCUT2D eigenvalue weighted by Gasteiger charge is -2.27. The summed E-state index contributed by atoms with van der Waals surface area (Å²) in [6, 6.07) is 12.4. The molecule has 4 aromatic heterocycles. The Morgan fingerprint density at radius 3 is 2.44 bits per heavy atom. The van der Waals surface area contributed by atoms with Crippen molar-refractivity contribution in [3.05, 3.63) is 70.7 Å². The SMILES string of the molecule is Nc1ncnc2nc(-c3ccc(N4CCOCC4)nc3)c(-c3ccc(F)cc3)c(-c3cc(Br)cs3)c12. The van der Waals surface area contributed by atoms with Crippen LogP contribution in [0.2, 0.25) is 0 Å². The van der Waals surface area contributed by atoms with Crippen LogP contribution in [-0.4, -0.2) is 46.2 Å². The highest BCUT2D eigenvalue weighted by atomic mass is 79.9. The molecule has 1 fully saturated rings. The third-order valence-corrected chi connectivity index (χ3v) is 7.82. The van der Waals surface area contributed by atoms with Crippen LogP contribution in [0.25, 0.3) is 43.9 Å². The highest BCUT2D eigenvalue weighted by Gasteiger charge is 2.23. The molecule has 7 nitrogen and oxygen atoms in total. The number of halogens is 2. The van der Waals surface area contributed by atoms with E-state index in [0.29, 0.717) is 35.8 Å². The predicted molar refractivity (Wildman–Crippen MR) is 144 cm³/mol. The van der Waals surface area contributed by atoms with E-state index in [1.807, 2.05) is 29.8 Å². The number of nitrogens with two attached hydrogens (primary N) is 1. The Hall–Kier alpha value is -3.47. The summed E-state index contributed by atoms with van der Waals surface area (Å²) in [6.45, 7) is 2.97. The van der Waals surface area contributed by atoms with Gasteiger partial charge in [-0.3, -0.25) is 0 Å². The van der Waals surface area contributed by atoms with Crippen LogP contribution in [0.1, 0.15) is 0 Å². The minimum absolute atomic E-state index is 0.311. The van der Waals surface area contributed by atoms with Crippen molar-refractivity contribution in [3.63, 3.8) is 0 Å². The molecule has 0 amide bonds. The number of nitrogens with zero attached hydrogens (tertiary/aromatic N) is 5. The van der Waals surface area contributed by atoms with Gasteiger partial charge in [0.25, 0.3) is 0 Å². The first-order valence-electron chi connectivity index (χ1n) is 11.3. The van der Waals surface area contributed by atoms with Gasteiger partial charge in [0, 0.05) is 50.7 Å². The summed E-state index contributed by atoms with van der Waals surface area (Å²) in [6.07, 6.45) is 3.24. The molecule has 6 rings (SSSR count). The summed E-state index contributed by atoms with van der Waals surface area (Å²) in [5, 5.41) is 2.67. The second-order valence-corrected chi connectivity index (χ2v) is 10.1. The second-order valence-electron chi connectivity index (χ2n) is 8.31. The van der Waals surface area contributed by atoms with E-state index in [2.05, 4.69) is 30.8 Å². The van der Waals surface area contributed by atoms with E-state index in [1.54, 1.807) is 23.5 Å².